The van der Waals surface area contributed by atoms with E-state index in [-0.39, 0.29) is 0 Å². The summed E-state index contributed by atoms with van der Waals surface area (Å²) in [7, 11) is 0. The SMILES string of the molecule is C=C1C=Cc2c(nc(-c3cc(-c4cccc(C5=CC=CCN5)c4)cc(-c4ccc5ccc6cccc7ccc4c5c67)c3)nc2-c2ccccc2)C/C=C\C=C/1. The zero-order valence-electron chi connectivity index (χ0n) is 30.3. The second-order valence-corrected chi connectivity index (χ2v) is 14.3. The highest BCUT2D eigenvalue weighted by Crippen LogP contribution is 2.42. The average molecular weight is 704 g/mol. The van der Waals surface area contributed by atoms with Gasteiger partial charge in [0.15, 0.2) is 5.82 Å². The van der Waals surface area contributed by atoms with Crippen LogP contribution in [0.25, 0.3) is 89.0 Å². The average Bonchev–Trinajstić information content (AvgIpc) is 3.25. The minimum Gasteiger partial charge on any atom is -0.381 e. The lowest BCUT2D eigenvalue weighted by Crippen LogP contribution is -2.14. The third-order valence-electron chi connectivity index (χ3n) is 10.8. The van der Waals surface area contributed by atoms with Gasteiger partial charge in [0.1, 0.15) is 0 Å². The maximum Gasteiger partial charge on any atom is 0.160 e. The van der Waals surface area contributed by atoms with Gasteiger partial charge in [0.25, 0.3) is 0 Å². The van der Waals surface area contributed by atoms with Crippen LogP contribution >= 0.6 is 0 Å². The molecular formula is C52H37N3. The van der Waals surface area contributed by atoms with Crippen LogP contribution in [0, 0.1) is 0 Å². The number of dihydropyridines is 1. The van der Waals surface area contributed by atoms with Crippen molar-refractivity contribution in [1.82, 2.24) is 15.3 Å². The van der Waals surface area contributed by atoms with E-state index in [9.17, 15) is 0 Å². The molecule has 3 heteroatoms. The van der Waals surface area contributed by atoms with E-state index >= 15 is 0 Å². The molecular weight excluding hydrogens is 667 g/mol. The Labute approximate surface area is 321 Å². The highest BCUT2D eigenvalue weighted by atomic mass is 14.9. The highest BCUT2D eigenvalue weighted by Gasteiger charge is 2.19. The van der Waals surface area contributed by atoms with E-state index in [1.54, 1.807) is 0 Å². The van der Waals surface area contributed by atoms with Crippen molar-refractivity contribution in [3.63, 3.8) is 0 Å². The summed E-state index contributed by atoms with van der Waals surface area (Å²) in [4.78, 5) is 10.8. The lowest BCUT2D eigenvalue weighted by Gasteiger charge is -2.18. The summed E-state index contributed by atoms with van der Waals surface area (Å²) in [5.74, 6) is 0.699. The molecule has 1 aliphatic heterocycles. The first-order valence-electron chi connectivity index (χ1n) is 18.9. The van der Waals surface area contributed by atoms with Gasteiger partial charge < -0.3 is 5.32 Å². The molecule has 0 saturated heterocycles. The number of rotatable bonds is 5. The molecule has 55 heavy (non-hydrogen) atoms. The number of nitrogens with one attached hydrogen (secondary N) is 1. The number of nitrogens with zero attached hydrogens (tertiary/aromatic N) is 2. The van der Waals surface area contributed by atoms with E-state index < -0.39 is 0 Å². The first kappa shape index (κ1) is 32.5. The summed E-state index contributed by atoms with van der Waals surface area (Å²) in [5, 5.41) is 11.2. The fraction of sp³-hybridized carbons (Fsp3) is 0.0385. The molecule has 0 atom stereocenters. The van der Waals surface area contributed by atoms with Crippen molar-refractivity contribution in [2.24, 2.45) is 0 Å². The van der Waals surface area contributed by atoms with Gasteiger partial charge in [-0.25, -0.2) is 9.97 Å². The fourth-order valence-electron chi connectivity index (χ4n) is 8.07. The number of benzene rings is 7. The molecule has 260 valence electrons. The van der Waals surface area contributed by atoms with Crippen LogP contribution in [-0.2, 0) is 6.42 Å². The summed E-state index contributed by atoms with van der Waals surface area (Å²) in [6.07, 6.45) is 19.5. The van der Waals surface area contributed by atoms with Crippen molar-refractivity contribution < 1.29 is 0 Å². The molecule has 8 aromatic rings. The molecule has 0 spiro atoms. The lowest BCUT2D eigenvalue weighted by molar-refractivity contribution is 0.996. The maximum absolute atomic E-state index is 5.41. The molecule has 2 heterocycles. The number of hydrogen-bond acceptors (Lipinski definition) is 3. The topological polar surface area (TPSA) is 37.8 Å². The smallest absolute Gasteiger partial charge is 0.160 e. The van der Waals surface area contributed by atoms with Crippen molar-refractivity contribution in [1.29, 1.82) is 0 Å². The van der Waals surface area contributed by atoms with E-state index in [0.717, 1.165) is 68.1 Å². The number of allylic oxidation sites excluding steroid dienone is 8. The predicted molar refractivity (Wildman–Crippen MR) is 233 cm³/mol. The molecule has 0 fully saturated rings. The van der Waals surface area contributed by atoms with Gasteiger partial charge in [-0.2, -0.15) is 0 Å². The Morgan fingerprint density at radius 3 is 2.11 bits per heavy atom. The van der Waals surface area contributed by atoms with Crippen LogP contribution in [0.4, 0.5) is 0 Å². The molecule has 7 aromatic carbocycles. The molecule has 0 unspecified atom stereocenters. The molecule has 0 bridgehead atoms. The fourth-order valence-corrected chi connectivity index (χ4v) is 8.07. The van der Waals surface area contributed by atoms with Crippen LogP contribution in [0.2, 0.25) is 0 Å². The summed E-state index contributed by atoms with van der Waals surface area (Å²) >= 11 is 0. The lowest BCUT2D eigenvalue weighted by atomic mass is 9.88. The van der Waals surface area contributed by atoms with Crippen LogP contribution in [0.3, 0.4) is 0 Å². The van der Waals surface area contributed by atoms with E-state index in [2.05, 4.69) is 176 Å². The van der Waals surface area contributed by atoms with E-state index in [0.29, 0.717) is 12.2 Å². The Morgan fingerprint density at radius 1 is 0.527 bits per heavy atom. The van der Waals surface area contributed by atoms with Gasteiger partial charge in [0.2, 0.25) is 0 Å². The van der Waals surface area contributed by atoms with Gasteiger partial charge in [0, 0.05) is 35.4 Å². The molecule has 0 radical (unpaired) electrons. The predicted octanol–water partition coefficient (Wildman–Crippen LogP) is 12.8. The van der Waals surface area contributed by atoms with Gasteiger partial charge in [-0.1, -0.05) is 158 Å². The van der Waals surface area contributed by atoms with Gasteiger partial charge in [-0.15, -0.1) is 0 Å². The van der Waals surface area contributed by atoms with Gasteiger partial charge in [-0.05, 0) is 96.0 Å². The van der Waals surface area contributed by atoms with Crippen molar-refractivity contribution >= 4 is 44.1 Å². The minimum atomic E-state index is 0.673. The van der Waals surface area contributed by atoms with Crippen molar-refractivity contribution in [2.75, 3.05) is 6.54 Å². The van der Waals surface area contributed by atoms with Crippen LogP contribution in [0.15, 0.2) is 188 Å². The number of fused-ring (bicyclic) bond motifs is 1. The summed E-state index contributed by atoms with van der Waals surface area (Å²) in [6.45, 7) is 5.05. The van der Waals surface area contributed by atoms with E-state index in [4.69, 9.17) is 9.97 Å². The quantitative estimate of drug-likeness (QED) is 0.181. The maximum atomic E-state index is 5.41. The second-order valence-electron chi connectivity index (χ2n) is 14.3. The first-order valence-corrected chi connectivity index (χ1v) is 18.9. The standard InChI is InChI=1S/C52H37N3/c1-34-12-4-2-7-20-48-46(26-21-34)51(38-13-5-3-6-14-38)55-52(54-48)43-32-41(39-17-11-18-40(30-39)47-19-8-9-29-53-47)31-42(33-43)44-27-24-37-23-22-35-15-10-16-36-25-28-45(44)50(37)49(35)36/h2-19,21-28,30-33,53H,1,20,29H2/b7-2-,12-4-,26-21?. The van der Waals surface area contributed by atoms with Crippen LogP contribution in [-0.4, -0.2) is 16.5 Å². The van der Waals surface area contributed by atoms with Crippen molar-refractivity contribution in [3.05, 3.63) is 205 Å². The largest absolute Gasteiger partial charge is 0.381 e. The van der Waals surface area contributed by atoms with Crippen molar-refractivity contribution in [3.8, 4) is 44.9 Å². The van der Waals surface area contributed by atoms with Gasteiger partial charge in [0.05, 0.1) is 11.4 Å². The Morgan fingerprint density at radius 2 is 1.25 bits per heavy atom. The van der Waals surface area contributed by atoms with E-state index in [1.165, 1.54) is 37.9 Å². The minimum absolute atomic E-state index is 0.673. The molecule has 1 aromatic heterocycles. The molecule has 1 N–H and O–H groups in total. The third-order valence-corrected chi connectivity index (χ3v) is 10.8. The molecule has 10 rings (SSSR count). The van der Waals surface area contributed by atoms with E-state index in [1.807, 2.05) is 18.2 Å². The Bertz CT molecular complexity index is 2940. The Hall–Kier alpha value is -7.10. The molecule has 3 nitrogen and oxygen atoms in total. The normalized spacial score (nSPS) is 15.2. The third kappa shape index (κ3) is 6.06. The molecule has 0 amide bonds. The van der Waals surface area contributed by atoms with Crippen LogP contribution < -0.4 is 5.32 Å². The zero-order chi connectivity index (χ0) is 36.7. The van der Waals surface area contributed by atoms with Gasteiger partial charge >= 0.3 is 0 Å². The Kier molecular flexibility index (Phi) is 8.11. The number of hydrogen-bond donors (Lipinski definition) is 1. The van der Waals surface area contributed by atoms with Gasteiger partial charge in [-0.3, -0.25) is 0 Å². The van der Waals surface area contributed by atoms with Crippen molar-refractivity contribution in [2.45, 2.75) is 6.42 Å². The molecule has 1 aliphatic carbocycles. The molecule has 2 aliphatic rings. The summed E-state index contributed by atoms with van der Waals surface area (Å²) in [6, 6.07) is 46.3. The molecule has 0 saturated carbocycles. The second kappa shape index (κ2) is 13.7. The first-order chi connectivity index (χ1) is 27.2. The zero-order valence-corrected chi connectivity index (χ0v) is 30.3. The number of aromatic nitrogens is 2. The summed E-state index contributed by atoms with van der Waals surface area (Å²) < 4.78 is 0. The monoisotopic (exact) mass is 703 g/mol. The highest BCUT2D eigenvalue weighted by molar-refractivity contribution is 6.25. The Balaban J connectivity index is 1.23. The van der Waals surface area contributed by atoms with Crippen LogP contribution in [0.5, 0.6) is 0 Å². The summed E-state index contributed by atoms with van der Waals surface area (Å²) in [5.41, 5.74) is 12.7. The van der Waals surface area contributed by atoms with Crippen LogP contribution in [0.1, 0.15) is 16.8 Å².